The van der Waals surface area contributed by atoms with Crippen LogP contribution in [-0.4, -0.2) is 82.3 Å². The van der Waals surface area contributed by atoms with Crippen LogP contribution < -0.4 is 27.4 Å². The highest BCUT2D eigenvalue weighted by molar-refractivity contribution is 5.94. The molecule has 0 fully saturated rings. The van der Waals surface area contributed by atoms with Crippen LogP contribution in [0.5, 0.6) is 0 Å². The van der Waals surface area contributed by atoms with Gasteiger partial charge in [-0.15, -0.1) is 0 Å². The molecule has 0 aromatic rings. The first-order chi connectivity index (χ1) is 13.5. The number of aliphatic hydroxyl groups excluding tert-OH is 1. The first-order valence-corrected chi connectivity index (χ1v) is 8.95. The van der Waals surface area contributed by atoms with Crippen molar-refractivity contribution in [2.24, 2.45) is 11.5 Å². The van der Waals surface area contributed by atoms with E-state index in [1.165, 1.54) is 6.92 Å². The number of hydrogen-bond donors (Lipinski definition) is 8. The number of carbonyl (C=O) groups is 5. The average Bonchev–Trinajstić information content (AvgIpc) is 2.63. The van der Waals surface area contributed by atoms with Gasteiger partial charge in [0.15, 0.2) is 0 Å². The Labute approximate surface area is 167 Å². The molecular formula is C16H29N5O8. The molecule has 10 N–H and O–H groups in total. The van der Waals surface area contributed by atoms with Gasteiger partial charge in [0.05, 0.1) is 19.1 Å². The molecule has 13 nitrogen and oxygen atoms in total. The summed E-state index contributed by atoms with van der Waals surface area (Å²) in [5.74, 6) is -5.49. The summed E-state index contributed by atoms with van der Waals surface area (Å²) in [6, 6.07) is -5.24. The molecular weight excluding hydrogens is 390 g/mol. The molecule has 0 saturated carbocycles. The van der Waals surface area contributed by atoms with Crippen molar-refractivity contribution in [1.29, 1.82) is 0 Å². The fraction of sp³-hybridized carbons (Fsp3) is 0.688. The van der Waals surface area contributed by atoms with E-state index in [9.17, 15) is 29.1 Å². The van der Waals surface area contributed by atoms with Crippen LogP contribution in [0.4, 0.5) is 0 Å². The van der Waals surface area contributed by atoms with Crippen molar-refractivity contribution in [1.82, 2.24) is 16.0 Å². The summed E-state index contributed by atoms with van der Waals surface area (Å²) >= 11 is 0. The van der Waals surface area contributed by atoms with E-state index in [0.717, 1.165) is 0 Å². The number of rotatable bonds is 14. The number of carboxylic acids is 2. The highest BCUT2D eigenvalue weighted by Gasteiger charge is 2.30. The van der Waals surface area contributed by atoms with Gasteiger partial charge in [-0.3, -0.25) is 19.2 Å². The third-order valence-corrected chi connectivity index (χ3v) is 3.80. The zero-order chi connectivity index (χ0) is 22.6. The molecule has 0 aliphatic heterocycles. The van der Waals surface area contributed by atoms with Crippen LogP contribution in [0.25, 0.3) is 0 Å². The number of nitrogens with one attached hydrogen (secondary N) is 3. The van der Waals surface area contributed by atoms with Gasteiger partial charge in [0, 0.05) is 0 Å². The van der Waals surface area contributed by atoms with Crippen molar-refractivity contribution in [2.75, 3.05) is 13.2 Å². The molecule has 166 valence electrons. The second-order valence-electron chi connectivity index (χ2n) is 6.38. The number of amides is 3. The summed E-state index contributed by atoms with van der Waals surface area (Å²) in [5, 5.41) is 33.7. The van der Waals surface area contributed by atoms with Gasteiger partial charge in [0.25, 0.3) is 0 Å². The van der Waals surface area contributed by atoms with Crippen molar-refractivity contribution in [3.05, 3.63) is 0 Å². The summed E-state index contributed by atoms with van der Waals surface area (Å²) in [7, 11) is 0. The molecule has 0 spiro atoms. The van der Waals surface area contributed by atoms with Crippen LogP contribution in [0.15, 0.2) is 0 Å². The SMILES string of the molecule is CC(N)C(=O)NC(CO)C(=O)NC(CCCCN)C(=O)NC(CC(=O)O)C(=O)O. The predicted octanol–water partition coefficient (Wildman–Crippen LogP) is -3.53. The zero-order valence-corrected chi connectivity index (χ0v) is 16.1. The summed E-state index contributed by atoms with van der Waals surface area (Å²) in [6.07, 6.45) is 0.144. The Balaban J connectivity index is 5.24. The van der Waals surface area contributed by atoms with Crippen LogP contribution in [0.3, 0.4) is 0 Å². The lowest BCUT2D eigenvalue weighted by atomic mass is 10.1. The third kappa shape index (κ3) is 10.4. The second-order valence-corrected chi connectivity index (χ2v) is 6.38. The Hall–Kier alpha value is -2.77. The molecule has 0 saturated heterocycles. The van der Waals surface area contributed by atoms with E-state index in [1.54, 1.807) is 0 Å². The number of unbranched alkanes of at least 4 members (excludes halogenated alkanes) is 1. The quantitative estimate of drug-likeness (QED) is 0.129. The van der Waals surface area contributed by atoms with Gasteiger partial charge >= 0.3 is 11.9 Å². The van der Waals surface area contributed by atoms with E-state index in [2.05, 4.69) is 16.0 Å². The molecule has 4 atom stereocenters. The highest BCUT2D eigenvalue weighted by Crippen LogP contribution is 2.04. The lowest BCUT2D eigenvalue weighted by Gasteiger charge is -2.24. The molecule has 0 bridgehead atoms. The fourth-order valence-electron chi connectivity index (χ4n) is 2.18. The number of hydrogen-bond acceptors (Lipinski definition) is 8. The number of carbonyl (C=O) groups excluding carboxylic acids is 3. The molecule has 4 unspecified atom stereocenters. The Morgan fingerprint density at radius 3 is 1.83 bits per heavy atom. The monoisotopic (exact) mass is 419 g/mol. The van der Waals surface area contributed by atoms with Crippen LogP contribution in [0, 0.1) is 0 Å². The molecule has 0 aliphatic carbocycles. The Kier molecular flexibility index (Phi) is 12.1. The minimum absolute atomic E-state index is 0.0770. The van der Waals surface area contributed by atoms with Crippen molar-refractivity contribution in [3.8, 4) is 0 Å². The molecule has 29 heavy (non-hydrogen) atoms. The van der Waals surface area contributed by atoms with Crippen LogP contribution in [-0.2, 0) is 24.0 Å². The first kappa shape index (κ1) is 26.2. The fourth-order valence-corrected chi connectivity index (χ4v) is 2.18. The standard InChI is InChI=1S/C16H29N5O8/c1-8(18)13(25)21-11(7-22)15(27)19-9(4-2-3-5-17)14(26)20-10(16(28)29)6-12(23)24/h8-11,22H,2-7,17-18H2,1H3,(H,19,27)(H,20,26)(H,21,25)(H,23,24)(H,28,29). The Bertz CT molecular complexity index is 598. The molecule has 0 radical (unpaired) electrons. The van der Waals surface area contributed by atoms with Crippen molar-refractivity contribution < 1.29 is 39.3 Å². The highest BCUT2D eigenvalue weighted by atomic mass is 16.4. The molecule has 3 amide bonds. The number of aliphatic hydroxyl groups is 1. The van der Waals surface area contributed by atoms with Gasteiger partial charge < -0.3 is 42.7 Å². The zero-order valence-electron chi connectivity index (χ0n) is 16.1. The maximum absolute atomic E-state index is 12.4. The molecule has 13 heteroatoms. The number of nitrogens with two attached hydrogens (primary N) is 2. The van der Waals surface area contributed by atoms with Gasteiger partial charge in [0.1, 0.15) is 18.1 Å². The lowest BCUT2D eigenvalue weighted by molar-refractivity contribution is -0.147. The van der Waals surface area contributed by atoms with Gasteiger partial charge in [-0.1, -0.05) is 0 Å². The largest absolute Gasteiger partial charge is 0.481 e. The molecule has 0 heterocycles. The summed E-state index contributed by atoms with van der Waals surface area (Å²) in [4.78, 5) is 58.3. The lowest BCUT2D eigenvalue weighted by Crippen LogP contribution is -2.58. The smallest absolute Gasteiger partial charge is 0.326 e. The minimum atomic E-state index is -1.69. The maximum atomic E-state index is 12.4. The van der Waals surface area contributed by atoms with E-state index >= 15 is 0 Å². The summed E-state index contributed by atoms with van der Waals surface area (Å²) < 4.78 is 0. The number of carboxylic acid groups (broad SMARTS) is 2. The van der Waals surface area contributed by atoms with Crippen LogP contribution in [0.2, 0.25) is 0 Å². The summed E-state index contributed by atoms with van der Waals surface area (Å²) in [5.41, 5.74) is 10.8. The number of aliphatic carboxylic acids is 2. The van der Waals surface area contributed by atoms with E-state index in [0.29, 0.717) is 19.4 Å². The van der Waals surface area contributed by atoms with E-state index < -0.39 is 66.9 Å². The molecule has 0 aliphatic rings. The van der Waals surface area contributed by atoms with E-state index in [4.69, 9.17) is 21.7 Å². The van der Waals surface area contributed by atoms with Crippen LogP contribution in [0.1, 0.15) is 32.6 Å². The Morgan fingerprint density at radius 1 is 0.862 bits per heavy atom. The van der Waals surface area contributed by atoms with Gasteiger partial charge in [-0.2, -0.15) is 0 Å². The van der Waals surface area contributed by atoms with Gasteiger partial charge in [-0.05, 0) is 32.7 Å². The minimum Gasteiger partial charge on any atom is -0.481 e. The predicted molar refractivity (Wildman–Crippen MR) is 99.3 cm³/mol. The molecule has 0 rings (SSSR count). The third-order valence-electron chi connectivity index (χ3n) is 3.80. The van der Waals surface area contributed by atoms with Crippen molar-refractivity contribution in [2.45, 2.75) is 56.8 Å². The Morgan fingerprint density at radius 2 is 1.38 bits per heavy atom. The van der Waals surface area contributed by atoms with Gasteiger partial charge in [0.2, 0.25) is 17.7 Å². The topological polar surface area (TPSA) is 234 Å². The first-order valence-electron chi connectivity index (χ1n) is 8.95. The molecule has 0 aromatic heterocycles. The van der Waals surface area contributed by atoms with E-state index in [1.807, 2.05) is 0 Å². The van der Waals surface area contributed by atoms with Crippen molar-refractivity contribution >= 4 is 29.7 Å². The normalized spacial score (nSPS) is 14.8. The average molecular weight is 419 g/mol. The second kappa shape index (κ2) is 13.4. The van der Waals surface area contributed by atoms with Gasteiger partial charge in [-0.25, -0.2) is 4.79 Å². The summed E-state index contributed by atoms with van der Waals surface area (Å²) in [6.45, 7) is 0.931. The maximum Gasteiger partial charge on any atom is 0.326 e. The molecule has 0 aromatic carbocycles. The van der Waals surface area contributed by atoms with E-state index in [-0.39, 0.29) is 6.42 Å². The van der Waals surface area contributed by atoms with Crippen LogP contribution >= 0.6 is 0 Å². The van der Waals surface area contributed by atoms with Crippen molar-refractivity contribution in [3.63, 3.8) is 0 Å².